The van der Waals surface area contributed by atoms with E-state index in [1.807, 2.05) is 51.1 Å². The SMILES string of the molecule is CC(C)(C)OC(=O)N1CCC(c2ccc(OCCCOCc3cccs3)cc2)CC1O. The van der Waals surface area contributed by atoms with Gasteiger partial charge in [-0.1, -0.05) is 18.2 Å². The van der Waals surface area contributed by atoms with Gasteiger partial charge >= 0.3 is 6.09 Å². The van der Waals surface area contributed by atoms with Gasteiger partial charge in [-0.05, 0) is 68.7 Å². The van der Waals surface area contributed by atoms with Gasteiger partial charge in [0.05, 0.1) is 19.8 Å². The molecular weight excluding hydrogens is 414 g/mol. The molecule has 0 bridgehead atoms. The Morgan fingerprint density at radius 2 is 1.97 bits per heavy atom. The van der Waals surface area contributed by atoms with Gasteiger partial charge in [0.25, 0.3) is 0 Å². The van der Waals surface area contributed by atoms with Gasteiger partial charge in [-0.3, -0.25) is 4.90 Å². The number of carbonyl (C=O) groups excluding carboxylic acids is 1. The van der Waals surface area contributed by atoms with E-state index in [4.69, 9.17) is 14.2 Å². The number of hydrogen-bond donors (Lipinski definition) is 1. The van der Waals surface area contributed by atoms with Crippen LogP contribution in [-0.2, 0) is 16.1 Å². The molecule has 1 saturated heterocycles. The van der Waals surface area contributed by atoms with Crippen LogP contribution in [0.4, 0.5) is 4.79 Å². The number of aliphatic hydroxyl groups is 1. The number of hydrogen-bond acceptors (Lipinski definition) is 6. The molecule has 1 aliphatic rings. The van der Waals surface area contributed by atoms with Crippen molar-refractivity contribution < 1.29 is 24.1 Å². The second kappa shape index (κ2) is 11.0. The van der Waals surface area contributed by atoms with E-state index in [2.05, 4.69) is 11.4 Å². The minimum Gasteiger partial charge on any atom is -0.494 e. The first kappa shape index (κ1) is 23.6. The van der Waals surface area contributed by atoms with Gasteiger partial charge in [-0.15, -0.1) is 11.3 Å². The van der Waals surface area contributed by atoms with E-state index in [0.29, 0.717) is 32.8 Å². The van der Waals surface area contributed by atoms with Crippen LogP contribution in [0.2, 0.25) is 0 Å². The van der Waals surface area contributed by atoms with Crippen LogP contribution in [0.15, 0.2) is 41.8 Å². The zero-order valence-corrected chi connectivity index (χ0v) is 19.4. The second-order valence-electron chi connectivity index (χ2n) is 8.78. The Balaban J connectivity index is 1.38. The summed E-state index contributed by atoms with van der Waals surface area (Å²) in [4.78, 5) is 14.9. The van der Waals surface area contributed by atoms with Crippen molar-refractivity contribution in [1.82, 2.24) is 4.90 Å². The molecule has 2 atom stereocenters. The van der Waals surface area contributed by atoms with Crippen molar-refractivity contribution in [2.75, 3.05) is 19.8 Å². The molecule has 31 heavy (non-hydrogen) atoms. The Labute approximate surface area is 188 Å². The van der Waals surface area contributed by atoms with E-state index < -0.39 is 17.9 Å². The van der Waals surface area contributed by atoms with E-state index >= 15 is 0 Å². The maximum absolute atomic E-state index is 12.3. The number of benzene rings is 1. The molecule has 170 valence electrons. The molecule has 0 saturated carbocycles. The van der Waals surface area contributed by atoms with Crippen molar-refractivity contribution in [1.29, 1.82) is 0 Å². The summed E-state index contributed by atoms with van der Waals surface area (Å²) in [5.41, 5.74) is 0.578. The molecule has 1 fully saturated rings. The largest absolute Gasteiger partial charge is 0.494 e. The number of rotatable bonds is 8. The summed E-state index contributed by atoms with van der Waals surface area (Å²) in [7, 11) is 0. The van der Waals surface area contributed by atoms with Crippen LogP contribution in [0.1, 0.15) is 56.4 Å². The van der Waals surface area contributed by atoms with E-state index in [0.717, 1.165) is 24.2 Å². The average Bonchev–Trinajstić information content (AvgIpc) is 3.23. The number of thiophene rings is 1. The third-order valence-electron chi connectivity index (χ3n) is 5.08. The summed E-state index contributed by atoms with van der Waals surface area (Å²) in [6.45, 7) is 7.89. The zero-order valence-electron chi connectivity index (χ0n) is 18.6. The molecule has 1 N–H and O–H groups in total. The molecule has 7 heteroatoms. The summed E-state index contributed by atoms with van der Waals surface area (Å²) >= 11 is 1.70. The lowest BCUT2D eigenvalue weighted by atomic mass is 9.88. The fourth-order valence-electron chi connectivity index (χ4n) is 3.53. The van der Waals surface area contributed by atoms with Crippen molar-refractivity contribution in [3.8, 4) is 5.75 Å². The quantitative estimate of drug-likeness (QED) is 0.566. The Morgan fingerprint density at radius 3 is 2.61 bits per heavy atom. The van der Waals surface area contributed by atoms with Crippen LogP contribution in [0.25, 0.3) is 0 Å². The third-order valence-corrected chi connectivity index (χ3v) is 5.93. The topological polar surface area (TPSA) is 68.2 Å². The first-order valence-corrected chi connectivity index (χ1v) is 11.7. The molecule has 0 radical (unpaired) electrons. The highest BCUT2D eigenvalue weighted by atomic mass is 32.1. The fourth-order valence-corrected chi connectivity index (χ4v) is 4.17. The van der Waals surface area contributed by atoms with Crippen LogP contribution in [0.3, 0.4) is 0 Å². The zero-order chi connectivity index (χ0) is 22.3. The van der Waals surface area contributed by atoms with Crippen LogP contribution in [0, 0.1) is 0 Å². The highest BCUT2D eigenvalue weighted by Crippen LogP contribution is 2.32. The first-order valence-electron chi connectivity index (χ1n) is 10.8. The summed E-state index contributed by atoms with van der Waals surface area (Å²) in [6.07, 6.45) is 0.835. The molecule has 6 nitrogen and oxygen atoms in total. The molecule has 0 aliphatic carbocycles. The molecule has 1 aliphatic heterocycles. The van der Waals surface area contributed by atoms with Gasteiger partial charge in [0, 0.05) is 17.8 Å². The molecule has 2 unspecified atom stereocenters. The fraction of sp³-hybridized carbons (Fsp3) is 0.542. The Kier molecular flexibility index (Phi) is 8.35. The van der Waals surface area contributed by atoms with Gasteiger partial charge in [0.2, 0.25) is 0 Å². The number of carbonyl (C=O) groups is 1. The maximum atomic E-state index is 12.3. The van der Waals surface area contributed by atoms with E-state index in [-0.39, 0.29) is 5.92 Å². The lowest BCUT2D eigenvalue weighted by molar-refractivity contribution is -0.0492. The summed E-state index contributed by atoms with van der Waals surface area (Å²) < 4.78 is 16.8. The number of piperidine rings is 1. The predicted octanol–water partition coefficient (Wildman–Crippen LogP) is 5.17. The molecule has 3 rings (SSSR count). The molecule has 1 aromatic carbocycles. The minimum absolute atomic E-state index is 0.202. The van der Waals surface area contributed by atoms with Gasteiger partial charge < -0.3 is 19.3 Å². The number of likely N-dealkylation sites (tertiary alicyclic amines) is 1. The van der Waals surface area contributed by atoms with Crippen molar-refractivity contribution in [2.45, 2.75) is 64.4 Å². The summed E-state index contributed by atoms with van der Waals surface area (Å²) in [5.74, 6) is 1.03. The van der Waals surface area contributed by atoms with E-state index in [1.54, 1.807) is 11.3 Å². The summed E-state index contributed by atoms with van der Waals surface area (Å²) in [5, 5.41) is 12.5. The van der Waals surface area contributed by atoms with Crippen molar-refractivity contribution in [3.05, 3.63) is 52.2 Å². The predicted molar refractivity (Wildman–Crippen MR) is 121 cm³/mol. The molecular formula is C24H33NO5S. The van der Waals surface area contributed by atoms with Crippen LogP contribution < -0.4 is 4.74 Å². The summed E-state index contributed by atoms with van der Waals surface area (Å²) in [6, 6.07) is 12.1. The first-order chi connectivity index (χ1) is 14.8. The monoisotopic (exact) mass is 447 g/mol. The maximum Gasteiger partial charge on any atom is 0.412 e. The lowest BCUT2D eigenvalue weighted by Gasteiger charge is -2.37. The van der Waals surface area contributed by atoms with Gasteiger partial charge in [-0.2, -0.15) is 0 Å². The van der Waals surface area contributed by atoms with Crippen LogP contribution in [0.5, 0.6) is 5.75 Å². The molecule has 1 amide bonds. The number of ether oxygens (including phenoxy) is 3. The van der Waals surface area contributed by atoms with Crippen LogP contribution in [-0.4, -0.2) is 47.7 Å². The van der Waals surface area contributed by atoms with E-state index in [9.17, 15) is 9.90 Å². The third kappa shape index (κ3) is 7.52. The molecule has 0 spiro atoms. The highest BCUT2D eigenvalue weighted by molar-refractivity contribution is 7.09. The van der Waals surface area contributed by atoms with Crippen molar-refractivity contribution in [2.24, 2.45) is 0 Å². The Hall–Kier alpha value is -2.09. The highest BCUT2D eigenvalue weighted by Gasteiger charge is 2.33. The van der Waals surface area contributed by atoms with Gasteiger partial charge in [0.15, 0.2) is 0 Å². The second-order valence-corrected chi connectivity index (χ2v) is 9.81. The minimum atomic E-state index is -0.835. The van der Waals surface area contributed by atoms with Crippen molar-refractivity contribution >= 4 is 17.4 Å². The van der Waals surface area contributed by atoms with E-state index in [1.165, 1.54) is 9.78 Å². The number of nitrogens with zero attached hydrogens (tertiary/aromatic N) is 1. The number of amides is 1. The normalized spacial score (nSPS) is 19.3. The Bertz CT molecular complexity index is 800. The lowest BCUT2D eigenvalue weighted by Crippen LogP contribution is -2.47. The molecule has 2 aromatic rings. The Morgan fingerprint density at radius 1 is 1.19 bits per heavy atom. The van der Waals surface area contributed by atoms with Gasteiger partial charge in [-0.25, -0.2) is 4.79 Å². The standard InChI is InChI=1S/C24H33NO5S/c1-24(2,3)30-23(27)25-12-11-19(16-22(25)26)18-7-9-20(10-8-18)29-14-5-13-28-17-21-6-4-15-31-21/h4,6-10,15,19,22,26H,5,11-14,16-17H2,1-3H3. The molecule has 2 heterocycles. The molecule has 1 aromatic heterocycles. The van der Waals surface area contributed by atoms with Crippen molar-refractivity contribution in [3.63, 3.8) is 0 Å². The van der Waals surface area contributed by atoms with Gasteiger partial charge in [0.1, 0.15) is 17.6 Å². The number of aliphatic hydroxyl groups excluding tert-OH is 1. The average molecular weight is 448 g/mol. The smallest absolute Gasteiger partial charge is 0.412 e. The van der Waals surface area contributed by atoms with Crippen LogP contribution >= 0.6 is 11.3 Å².